The lowest BCUT2D eigenvalue weighted by molar-refractivity contribution is -0.144. The number of hydrogen-bond donors (Lipinski definition) is 1. The van der Waals surface area contributed by atoms with Crippen LogP contribution in [0.1, 0.15) is 24.1 Å². The van der Waals surface area contributed by atoms with Gasteiger partial charge in [-0.25, -0.2) is 0 Å². The molecule has 1 heterocycles. The Kier molecular flexibility index (Phi) is 2.43. The molecule has 1 aliphatic carbocycles. The van der Waals surface area contributed by atoms with Crippen LogP contribution in [0.25, 0.3) is 0 Å². The molecule has 0 bridgehead atoms. The maximum atomic E-state index is 12.7. The lowest BCUT2D eigenvalue weighted by Crippen LogP contribution is -2.23. The van der Waals surface area contributed by atoms with Crippen molar-refractivity contribution in [2.45, 2.75) is 24.4 Å². The van der Waals surface area contributed by atoms with Crippen molar-refractivity contribution in [3.05, 3.63) is 16.4 Å². The summed E-state index contributed by atoms with van der Waals surface area (Å²) in [5, 5.41) is 12.0. The Morgan fingerprint density at radius 2 is 2.06 bits per heavy atom. The molecule has 0 amide bonds. The van der Waals surface area contributed by atoms with E-state index in [-0.39, 0.29) is 18.0 Å². The summed E-state index contributed by atoms with van der Waals surface area (Å²) in [7, 11) is 1.25. The van der Waals surface area contributed by atoms with Crippen LogP contribution >= 0.6 is 11.6 Å². The molecule has 0 saturated heterocycles. The number of carboxylic acid groups (broad SMARTS) is 1. The number of halogens is 4. The Labute approximate surface area is 99.0 Å². The van der Waals surface area contributed by atoms with Crippen molar-refractivity contribution in [3.63, 3.8) is 0 Å². The molecule has 1 aromatic heterocycles. The van der Waals surface area contributed by atoms with Gasteiger partial charge in [-0.3, -0.25) is 9.48 Å². The summed E-state index contributed by atoms with van der Waals surface area (Å²) in [6.45, 7) is 0. The van der Waals surface area contributed by atoms with Gasteiger partial charge >= 0.3 is 12.1 Å². The standard InChI is InChI=1S/C9H8ClF3N2O2/c1-15-6(10)4(5(14-15)9(11,12)13)8(2-3-8)7(16)17/h2-3H2,1H3,(H,16,17). The number of carbonyl (C=O) groups is 1. The number of alkyl halides is 3. The van der Waals surface area contributed by atoms with Gasteiger partial charge in [-0.15, -0.1) is 0 Å². The third-order valence-electron chi connectivity index (χ3n) is 2.88. The summed E-state index contributed by atoms with van der Waals surface area (Å²) >= 11 is 5.73. The van der Waals surface area contributed by atoms with Crippen LogP contribution in [0.15, 0.2) is 0 Å². The molecule has 1 aliphatic rings. The Morgan fingerprint density at radius 1 is 1.53 bits per heavy atom. The lowest BCUT2D eigenvalue weighted by Gasteiger charge is -2.12. The molecule has 0 unspecified atom stereocenters. The summed E-state index contributed by atoms with van der Waals surface area (Å²) in [4.78, 5) is 11.1. The highest BCUT2D eigenvalue weighted by atomic mass is 35.5. The highest BCUT2D eigenvalue weighted by molar-refractivity contribution is 6.31. The number of carboxylic acids is 1. The van der Waals surface area contributed by atoms with Crippen molar-refractivity contribution in [3.8, 4) is 0 Å². The van der Waals surface area contributed by atoms with Crippen molar-refractivity contribution in [1.29, 1.82) is 0 Å². The summed E-state index contributed by atoms with van der Waals surface area (Å²) < 4.78 is 39.1. The Morgan fingerprint density at radius 3 is 2.41 bits per heavy atom. The van der Waals surface area contributed by atoms with Crippen LogP contribution in [0.2, 0.25) is 5.15 Å². The molecule has 0 atom stereocenters. The number of rotatable bonds is 2. The molecule has 17 heavy (non-hydrogen) atoms. The largest absolute Gasteiger partial charge is 0.481 e. The average Bonchev–Trinajstić information content (AvgIpc) is 2.91. The molecule has 94 valence electrons. The van der Waals surface area contributed by atoms with E-state index in [1.165, 1.54) is 7.05 Å². The zero-order valence-corrected chi connectivity index (χ0v) is 9.43. The molecule has 0 aliphatic heterocycles. The minimum atomic E-state index is -4.70. The number of hydrogen-bond acceptors (Lipinski definition) is 2. The Hall–Kier alpha value is -1.24. The van der Waals surface area contributed by atoms with Gasteiger partial charge in [-0.1, -0.05) is 11.6 Å². The van der Waals surface area contributed by atoms with Crippen LogP contribution in [0.3, 0.4) is 0 Å². The van der Waals surface area contributed by atoms with Gasteiger partial charge in [0.1, 0.15) is 5.15 Å². The SMILES string of the molecule is Cn1nc(C(F)(F)F)c(C2(C(=O)O)CC2)c1Cl. The smallest absolute Gasteiger partial charge is 0.435 e. The van der Waals surface area contributed by atoms with Crippen LogP contribution < -0.4 is 0 Å². The van der Waals surface area contributed by atoms with E-state index in [2.05, 4.69) is 5.10 Å². The normalized spacial score (nSPS) is 18.2. The first kappa shape index (κ1) is 12.2. The van der Waals surface area contributed by atoms with Crippen molar-refractivity contribution in [1.82, 2.24) is 9.78 Å². The highest BCUT2D eigenvalue weighted by Crippen LogP contribution is 2.54. The van der Waals surface area contributed by atoms with Crippen molar-refractivity contribution in [2.75, 3.05) is 0 Å². The zero-order valence-electron chi connectivity index (χ0n) is 8.68. The van der Waals surface area contributed by atoms with E-state index in [4.69, 9.17) is 16.7 Å². The van der Waals surface area contributed by atoms with Crippen LogP contribution in [0.5, 0.6) is 0 Å². The minimum absolute atomic E-state index is 0.150. The monoisotopic (exact) mass is 268 g/mol. The summed E-state index contributed by atoms with van der Waals surface area (Å²) in [6.07, 6.45) is -4.40. The first-order valence-electron chi connectivity index (χ1n) is 4.74. The van der Waals surface area contributed by atoms with E-state index in [0.717, 1.165) is 4.68 Å². The van der Waals surface area contributed by atoms with E-state index in [9.17, 15) is 18.0 Å². The van der Waals surface area contributed by atoms with Gasteiger partial charge in [0.2, 0.25) is 0 Å². The maximum absolute atomic E-state index is 12.7. The molecular weight excluding hydrogens is 261 g/mol. The fourth-order valence-electron chi connectivity index (χ4n) is 1.82. The molecule has 2 rings (SSSR count). The number of nitrogens with zero attached hydrogens (tertiary/aromatic N) is 2. The minimum Gasteiger partial charge on any atom is -0.481 e. The predicted octanol–water partition coefficient (Wildman–Crippen LogP) is 2.21. The van der Waals surface area contributed by atoms with Gasteiger partial charge in [0.25, 0.3) is 0 Å². The van der Waals surface area contributed by atoms with Crippen LogP contribution in [-0.2, 0) is 23.4 Å². The van der Waals surface area contributed by atoms with Gasteiger partial charge in [0, 0.05) is 12.6 Å². The second-order valence-corrected chi connectivity index (χ2v) is 4.38. The fourth-order valence-corrected chi connectivity index (χ4v) is 2.13. The number of aliphatic carboxylic acids is 1. The molecule has 0 spiro atoms. The fraction of sp³-hybridized carbons (Fsp3) is 0.556. The first-order valence-corrected chi connectivity index (χ1v) is 5.11. The highest BCUT2D eigenvalue weighted by Gasteiger charge is 2.58. The third-order valence-corrected chi connectivity index (χ3v) is 3.32. The van der Waals surface area contributed by atoms with Gasteiger partial charge in [0.15, 0.2) is 5.69 Å². The Balaban J connectivity index is 2.65. The van der Waals surface area contributed by atoms with Gasteiger partial charge in [0.05, 0.1) is 5.41 Å². The van der Waals surface area contributed by atoms with Gasteiger partial charge in [-0.2, -0.15) is 18.3 Å². The molecular formula is C9H8ClF3N2O2. The zero-order chi connectivity index (χ0) is 13.0. The van der Waals surface area contributed by atoms with Gasteiger partial charge in [-0.05, 0) is 12.8 Å². The predicted molar refractivity (Wildman–Crippen MR) is 51.8 cm³/mol. The summed E-state index contributed by atoms with van der Waals surface area (Å²) in [6, 6.07) is 0. The van der Waals surface area contributed by atoms with E-state index >= 15 is 0 Å². The molecule has 1 saturated carbocycles. The number of aryl methyl sites for hydroxylation is 1. The van der Waals surface area contributed by atoms with Crippen LogP contribution in [0, 0.1) is 0 Å². The van der Waals surface area contributed by atoms with E-state index in [1.54, 1.807) is 0 Å². The quantitative estimate of drug-likeness (QED) is 0.895. The van der Waals surface area contributed by atoms with E-state index in [1.807, 2.05) is 0 Å². The third kappa shape index (κ3) is 1.69. The molecule has 1 fully saturated rings. The lowest BCUT2D eigenvalue weighted by atomic mass is 9.96. The van der Waals surface area contributed by atoms with E-state index < -0.39 is 28.8 Å². The summed E-state index contributed by atoms with van der Waals surface area (Å²) in [5.41, 5.74) is -3.14. The second kappa shape index (κ2) is 3.38. The topological polar surface area (TPSA) is 55.1 Å². The summed E-state index contributed by atoms with van der Waals surface area (Å²) in [5.74, 6) is -1.29. The second-order valence-electron chi connectivity index (χ2n) is 4.02. The number of aromatic nitrogens is 2. The molecule has 1 aromatic rings. The maximum Gasteiger partial charge on any atom is 0.435 e. The average molecular weight is 269 g/mol. The van der Waals surface area contributed by atoms with Crippen LogP contribution in [-0.4, -0.2) is 20.9 Å². The van der Waals surface area contributed by atoms with Crippen molar-refractivity contribution < 1.29 is 23.1 Å². The first-order chi connectivity index (χ1) is 7.70. The van der Waals surface area contributed by atoms with Crippen molar-refractivity contribution >= 4 is 17.6 Å². The molecule has 8 heteroatoms. The molecule has 1 N–H and O–H groups in total. The molecule has 0 radical (unpaired) electrons. The molecule has 4 nitrogen and oxygen atoms in total. The Bertz CT molecular complexity index is 491. The van der Waals surface area contributed by atoms with Crippen LogP contribution in [0.4, 0.5) is 13.2 Å². The molecule has 0 aromatic carbocycles. The van der Waals surface area contributed by atoms with Crippen molar-refractivity contribution in [2.24, 2.45) is 7.05 Å². The van der Waals surface area contributed by atoms with Gasteiger partial charge < -0.3 is 5.11 Å². The van der Waals surface area contributed by atoms with E-state index in [0.29, 0.717) is 0 Å².